The topological polar surface area (TPSA) is 33.1 Å². The molecular weight excluding hydrogens is 182 g/mol. The molecule has 1 aliphatic rings. The van der Waals surface area contributed by atoms with E-state index in [0.29, 0.717) is 0 Å². The van der Waals surface area contributed by atoms with E-state index in [1.54, 1.807) is 17.5 Å². The Morgan fingerprint density at radius 1 is 1.62 bits per heavy atom. The number of nitrogens with zero attached hydrogens (tertiary/aromatic N) is 1. The quantitative estimate of drug-likeness (QED) is 0.803. The van der Waals surface area contributed by atoms with Crippen molar-refractivity contribution in [3.63, 3.8) is 0 Å². The highest BCUT2D eigenvalue weighted by Crippen LogP contribution is 2.31. The Kier molecular flexibility index (Phi) is 2.96. The van der Waals surface area contributed by atoms with Crippen LogP contribution < -0.4 is 0 Å². The summed E-state index contributed by atoms with van der Waals surface area (Å²) in [5, 5.41) is 12.7. The van der Waals surface area contributed by atoms with Gasteiger partial charge >= 0.3 is 0 Å². The van der Waals surface area contributed by atoms with Gasteiger partial charge in [-0.25, -0.2) is 4.98 Å². The van der Waals surface area contributed by atoms with Crippen molar-refractivity contribution in [1.82, 2.24) is 4.98 Å². The van der Waals surface area contributed by atoms with E-state index in [1.165, 1.54) is 19.3 Å². The van der Waals surface area contributed by atoms with Crippen LogP contribution in [0, 0.1) is 5.92 Å². The van der Waals surface area contributed by atoms with Gasteiger partial charge < -0.3 is 5.11 Å². The van der Waals surface area contributed by atoms with Crippen LogP contribution in [0.15, 0.2) is 11.6 Å². The number of aromatic nitrogens is 1. The molecule has 2 rings (SSSR count). The van der Waals surface area contributed by atoms with Gasteiger partial charge in [-0.2, -0.15) is 0 Å². The Morgan fingerprint density at radius 2 is 2.46 bits per heavy atom. The summed E-state index contributed by atoms with van der Waals surface area (Å²) in [7, 11) is 0. The lowest BCUT2D eigenvalue weighted by Gasteiger charge is -2.27. The lowest BCUT2D eigenvalue weighted by molar-refractivity contribution is 0.118. The normalized spacial score (nSPS) is 19.8. The number of thiazole rings is 1. The molecule has 72 valence electrons. The third-order valence-corrected chi connectivity index (χ3v) is 3.53. The van der Waals surface area contributed by atoms with Crippen LogP contribution >= 0.6 is 11.3 Å². The molecule has 1 unspecified atom stereocenters. The molecular formula is C10H15NOS. The zero-order valence-corrected chi connectivity index (χ0v) is 8.46. The van der Waals surface area contributed by atoms with E-state index in [2.05, 4.69) is 4.98 Å². The van der Waals surface area contributed by atoms with Gasteiger partial charge in [-0.3, -0.25) is 0 Å². The Hall–Kier alpha value is -0.410. The Labute approximate surface area is 82.6 Å². The lowest BCUT2D eigenvalue weighted by atomic mass is 9.81. The summed E-state index contributed by atoms with van der Waals surface area (Å²) in [5.74, 6) is 0.787. The van der Waals surface area contributed by atoms with Crippen molar-refractivity contribution < 1.29 is 5.11 Å². The van der Waals surface area contributed by atoms with E-state index in [4.69, 9.17) is 0 Å². The van der Waals surface area contributed by atoms with Crippen molar-refractivity contribution in [2.45, 2.75) is 38.2 Å². The first kappa shape index (κ1) is 9.16. The van der Waals surface area contributed by atoms with Crippen LogP contribution in [0.25, 0.3) is 0 Å². The highest BCUT2D eigenvalue weighted by molar-refractivity contribution is 7.09. The van der Waals surface area contributed by atoms with Gasteiger partial charge in [-0.15, -0.1) is 11.3 Å². The molecule has 1 aromatic heterocycles. The molecule has 0 radical (unpaired) electrons. The first-order valence-corrected chi connectivity index (χ1v) is 5.79. The Bertz CT molecular complexity index is 243. The number of hydrogen-bond donors (Lipinski definition) is 1. The minimum absolute atomic E-state index is 0.170. The van der Waals surface area contributed by atoms with E-state index in [9.17, 15) is 5.11 Å². The molecule has 1 N–H and O–H groups in total. The average molecular weight is 197 g/mol. The molecule has 0 aliphatic heterocycles. The van der Waals surface area contributed by atoms with Crippen LogP contribution in [0.4, 0.5) is 0 Å². The molecule has 1 fully saturated rings. The molecule has 2 nitrogen and oxygen atoms in total. The van der Waals surface area contributed by atoms with Crippen LogP contribution in [0.3, 0.4) is 0 Å². The van der Waals surface area contributed by atoms with Crippen LogP contribution in [0.2, 0.25) is 0 Å². The molecule has 1 heterocycles. The molecule has 0 bridgehead atoms. The van der Waals surface area contributed by atoms with Gasteiger partial charge in [0.25, 0.3) is 0 Å². The molecule has 0 aromatic carbocycles. The second-order valence-electron chi connectivity index (χ2n) is 3.82. The fraction of sp³-hybridized carbons (Fsp3) is 0.700. The minimum Gasteiger partial charge on any atom is -0.393 e. The number of aliphatic hydroxyl groups is 1. The maximum Gasteiger partial charge on any atom is 0.0950 e. The van der Waals surface area contributed by atoms with Crippen molar-refractivity contribution in [3.8, 4) is 0 Å². The molecule has 1 saturated carbocycles. The van der Waals surface area contributed by atoms with Gasteiger partial charge in [0.05, 0.1) is 11.1 Å². The van der Waals surface area contributed by atoms with Crippen molar-refractivity contribution in [3.05, 3.63) is 16.6 Å². The van der Waals surface area contributed by atoms with Crippen molar-refractivity contribution >= 4 is 11.3 Å². The monoisotopic (exact) mass is 197 g/mol. The highest BCUT2D eigenvalue weighted by atomic mass is 32.1. The summed E-state index contributed by atoms with van der Waals surface area (Å²) in [4.78, 5) is 4.17. The molecule has 3 heteroatoms. The SMILES string of the molecule is OC(Cc1nccs1)CC1CCC1. The Morgan fingerprint density at radius 3 is 3.00 bits per heavy atom. The predicted molar refractivity (Wildman–Crippen MR) is 53.8 cm³/mol. The first-order chi connectivity index (χ1) is 6.34. The van der Waals surface area contributed by atoms with Crippen molar-refractivity contribution in [1.29, 1.82) is 0 Å². The fourth-order valence-electron chi connectivity index (χ4n) is 1.75. The summed E-state index contributed by atoms with van der Waals surface area (Å²) in [6, 6.07) is 0. The minimum atomic E-state index is -0.170. The average Bonchev–Trinajstić information content (AvgIpc) is 2.49. The fourth-order valence-corrected chi connectivity index (χ4v) is 2.44. The van der Waals surface area contributed by atoms with Crippen molar-refractivity contribution in [2.75, 3.05) is 0 Å². The number of rotatable bonds is 4. The maximum atomic E-state index is 9.72. The van der Waals surface area contributed by atoms with E-state index in [-0.39, 0.29) is 6.10 Å². The number of aliphatic hydroxyl groups excluding tert-OH is 1. The largest absolute Gasteiger partial charge is 0.393 e. The first-order valence-electron chi connectivity index (χ1n) is 4.91. The van der Waals surface area contributed by atoms with Gasteiger partial charge in [0.1, 0.15) is 0 Å². The zero-order chi connectivity index (χ0) is 9.10. The Balaban J connectivity index is 1.74. The van der Waals surface area contributed by atoms with E-state index >= 15 is 0 Å². The van der Waals surface area contributed by atoms with E-state index in [0.717, 1.165) is 23.8 Å². The smallest absolute Gasteiger partial charge is 0.0950 e. The summed E-state index contributed by atoms with van der Waals surface area (Å²) in [6.07, 6.45) is 7.33. The van der Waals surface area contributed by atoms with Gasteiger partial charge in [0.15, 0.2) is 0 Å². The van der Waals surface area contributed by atoms with Crippen LogP contribution in [0.1, 0.15) is 30.7 Å². The second kappa shape index (κ2) is 4.20. The molecule has 1 aliphatic carbocycles. The number of hydrogen-bond acceptors (Lipinski definition) is 3. The molecule has 13 heavy (non-hydrogen) atoms. The molecule has 1 atom stereocenters. The second-order valence-corrected chi connectivity index (χ2v) is 4.80. The summed E-state index contributed by atoms with van der Waals surface area (Å²) >= 11 is 1.63. The van der Waals surface area contributed by atoms with Gasteiger partial charge in [0, 0.05) is 18.0 Å². The van der Waals surface area contributed by atoms with Crippen LogP contribution in [-0.2, 0) is 6.42 Å². The van der Waals surface area contributed by atoms with Gasteiger partial charge in [-0.05, 0) is 12.3 Å². The predicted octanol–water partition coefficient (Wildman–Crippen LogP) is 2.24. The van der Waals surface area contributed by atoms with Gasteiger partial charge in [0.2, 0.25) is 0 Å². The summed E-state index contributed by atoms with van der Waals surface area (Å²) < 4.78 is 0. The summed E-state index contributed by atoms with van der Waals surface area (Å²) in [6.45, 7) is 0. The lowest BCUT2D eigenvalue weighted by Crippen LogP contribution is -2.20. The third kappa shape index (κ3) is 2.51. The van der Waals surface area contributed by atoms with E-state index < -0.39 is 0 Å². The molecule has 0 spiro atoms. The molecule has 0 amide bonds. The summed E-state index contributed by atoms with van der Waals surface area (Å²) in [5.41, 5.74) is 0. The van der Waals surface area contributed by atoms with Crippen molar-refractivity contribution in [2.24, 2.45) is 5.92 Å². The van der Waals surface area contributed by atoms with Gasteiger partial charge in [-0.1, -0.05) is 19.3 Å². The standard InChI is InChI=1S/C10H15NOS/c12-9(6-8-2-1-3-8)7-10-11-4-5-13-10/h4-5,8-9,12H,1-3,6-7H2. The molecule has 0 saturated heterocycles. The van der Waals surface area contributed by atoms with E-state index in [1.807, 2.05) is 5.38 Å². The maximum absolute atomic E-state index is 9.72. The molecule has 1 aromatic rings. The van der Waals surface area contributed by atoms with Crippen LogP contribution in [-0.4, -0.2) is 16.2 Å². The third-order valence-electron chi connectivity index (χ3n) is 2.72. The zero-order valence-electron chi connectivity index (χ0n) is 7.65. The van der Waals surface area contributed by atoms with Crippen LogP contribution in [0.5, 0.6) is 0 Å². The highest BCUT2D eigenvalue weighted by Gasteiger charge is 2.21.